The molecular weight excluding hydrogens is 569 g/mol. The number of hydrogen-bond donors (Lipinski definition) is 3. The number of rotatable bonds is 8. The Hall–Kier alpha value is -3.99. The lowest BCUT2D eigenvalue weighted by atomic mass is 9.88. The minimum absolute atomic E-state index is 0.101. The number of amides is 2. The van der Waals surface area contributed by atoms with Crippen LogP contribution in [0.5, 0.6) is 0 Å². The maximum absolute atomic E-state index is 12.9. The molecule has 1 fully saturated rings. The molecule has 4 N–H and O–H groups in total. The minimum Gasteiger partial charge on any atom is -0.366 e. The number of primary amides is 1. The van der Waals surface area contributed by atoms with Crippen molar-refractivity contribution in [3.8, 4) is 11.1 Å². The van der Waals surface area contributed by atoms with Gasteiger partial charge in [0.2, 0.25) is 10.0 Å². The van der Waals surface area contributed by atoms with Gasteiger partial charge in [-0.25, -0.2) is 12.7 Å². The van der Waals surface area contributed by atoms with E-state index in [0.717, 1.165) is 37.7 Å². The molecule has 3 aromatic carbocycles. The van der Waals surface area contributed by atoms with Gasteiger partial charge in [0.1, 0.15) is 0 Å². The molecule has 5 aromatic rings. The topological polar surface area (TPSA) is 125 Å². The van der Waals surface area contributed by atoms with Crippen molar-refractivity contribution in [3.63, 3.8) is 0 Å². The van der Waals surface area contributed by atoms with Gasteiger partial charge >= 0.3 is 0 Å². The predicted molar refractivity (Wildman–Crippen MR) is 168 cm³/mol. The van der Waals surface area contributed by atoms with Crippen LogP contribution in [0, 0.1) is 0 Å². The van der Waals surface area contributed by atoms with Crippen LogP contribution >= 0.6 is 11.3 Å². The number of carbonyl (C=O) groups excluding carboxylic acids is 2. The van der Waals surface area contributed by atoms with Gasteiger partial charge in [-0.2, -0.15) is 0 Å². The summed E-state index contributed by atoms with van der Waals surface area (Å²) in [6, 6.07) is 21.6. The van der Waals surface area contributed by atoms with E-state index in [0.29, 0.717) is 48.4 Å². The quantitative estimate of drug-likeness (QED) is 0.214. The molecule has 1 aliphatic heterocycles. The first kappa shape index (κ1) is 28.1. The Kier molecular flexibility index (Phi) is 7.61. The van der Waals surface area contributed by atoms with Crippen LogP contribution in [0.15, 0.2) is 72.9 Å². The van der Waals surface area contributed by atoms with Crippen molar-refractivity contribution in [3.05, 3.63) is 94.5 Å². The van der Waals surface area contributed by atoms with Crippen LogP contribution in [0.3, 0.4) is 0 Å². The van der Waals surface area contributed by atoms with Crippen LogP contribution in [0.4, 0.5) is 0 Å². The average molecular weight is 601 g/mol. The van der Waals surface area contributed by atoms with E-state index in [4.69, 9.17) is 5.73 Å². The molecule has 0 radical (unpaired) electrons. The molecule has 10 heteroatoms. The molecule has 3 heterocycles. The highest BCUT2D eigenvalue weighted by atomic mass is 32.2. The number of thiophene rings is 1. The smallest absolute Gasteiger partial charge is 0.261 e. The number of carbonyl (C=O) groups is 2. The predicted octanol–water partition coefficient (Wildman–Crippen LogP) is 5.61. The SMILES string of the molecule is CCS(=O)(=O)N1CCC(c2c[nH]c3c(C(N)=O)cc(-c4cccc(CNC(=O)c5cc6ccccc6s5)c4)cc23)CC1. The number of aromatic nitrogens is 1. The highest BCUT2D eigenvalue weighted by molar-refractivity contribution is 7.89. The zero-order valence-electron chi connectivity index (χ0n) is 23.2. The van der Waals surface area contributed by atoms with Gasteiger partial charge in [0.15, 0.2) is 0 Å². The summed E-state index contributed by atoms with van der Waals surface area (Å²) in [5.74, 6) is -0.377. The summed E-state index contributed by atoms with van der Waals surface area (Å²) in [6.07, 6.45) is 3.34. The van der Waals surface area contributed by atoms with Crippen molar-refractivity contribution in [1.82, 2.24) is 14.6 Å². The Labute approximate surface area is 248 Å². The highest BCUT2D eigenvalue weighted by Gasteiger charge is 2.29. The molecule has 6 rings (SSSR count). The van der Waals surface area contributed by atoms with Gasteiger partial charge in [-0.15, -0.1) is 11.3 Å². The standard InChI is InChI=1S/C32H32N4O4S2/c1-2-42(39,40)36-12-10-21(11-13-36)27-19-34-30-25(27)15-24(16-26(30)31(33)37)22-8-5-6-20(14-22)18-35-32(38)29-17-23-7-3-4-9-28(23)41-29/h3-9,14-17,19,21,34H,2,10-13,18H2,1H3,(H2,33,37)(H,35,38). The van der Waals surface area contributed by atoms with E-state index in [1.807, 2.05) is 60.8 Å². The van der Waals surface area contributed by atoms with Crippen LogP contribution in [-0.2, 0) is 16.6 Å². The first-order valence-electron chi connectivity index (χ1n) is 14.0. The summed E-state index contributed by atoms with van der Waals surface area (Å²) in [6.45, 7) is 2.99. The lowest BCUT2D eigenvalue weighted by Crippen LogP contribution is -2.38. The molecule has 2 aromatic heterocycles. The van der Waals surface area contributed by atoms with Gasteiger partial charge in [0, 0.05) is 35.9 Å². The summed E-state index contributed by atoms with van der Waals surface area (Å²) >= 11 is 1.47. The summed E-state index contributed by atoms with van der Waals surface area (Å²) in [5.41, 5.74) is 10.7. The van der Waals surface area contributed by atoms with E-state index in [-0.39, 0.29) is 17.6 Å². The van der Waals surface area contributed by atoms with Gasteiger partial charge in [0.25, 0.3) is 11.8 Å². The fourth-order valence-electron chi connectivity index (χ4n) is 5.80. The van der Waals surface area contributed by atoms with E-state index in [1.54, 1.807) is 17.3 Å². The second kappa shape index (κ2) is 11.4. The molecule has 0 bridgehead atoms. The molecule has 42 heavy (non-hydrogen) atoms. The number of nitrogens with two attached hydrogens (primary N) is 1. The third-order valence-electron chi connectivity index (χ3n) is 8.10. The molecule has 0 saturated carbocycles. The van der Waals surface area contributed by atoms with Gasteiger partial charge in [-0.3, -0.25) is 9.59 Å². The molecule has 0 atom stereocenters. The van der Waals surface area contributed by atoms with Crippen molar-refractivity contribution in [1.29, 1.82) is 0 Å². The van der Waals surface area contributed by atoms with E-state index in [9.17, 15) is 18.0 Å². The number of benzene rings is 3. The molecule has 0 spiro atoms. The largest absolute Gasteiger partial charge is 0.366 e. The number of piperidine rings is 1. The molecule has 2 amide bonds. The van der Waals surface area contributed by atoms with E-state index in [1.165, 1.54) is 11.3 Å². The number of hydrogen-bond acceptors (Lipinski definition) is 5. The first-order chi connectivity index (χ1) is 20.2. The summed E-state index contributed by atoms with van der Waals surface area (Å²) in [5, 5.41) is 5.00. The normalized spacial score (nSPS) is 14.9. The number of H-pyrrole nitrogens is 1. The molecule has 8 nitrogen and oxygen atoms in total. The second-order valence-electron chi connectivity index (χ2n) is 10.7. The number of aromatic amines is 1. The Balaban J connectivity index is 1.25. The van der Waals surface area contributed by atoms with Crippen molar-refractivity contribution in [2.24, 2.45) is 5.73 Å². The Bertz CT molecular complexity index is 1880. The fraction of sp³-hybridized carbons (Fsp3) is 0.250. The Morgan fingerprint density at radius 3 is 2.55 bits per heavy atom. The van der Waals surface area contributed by atoms with Gasteiger partial charge < -0.3 is 16.0 Å². The molecule has 1 saturated heterocycles. The van der Waals surface area contributed by atoms with Crippen LogP contribution in [0.2, 0.25) is 0 Å². The van der Waals surface area contributed by atoms with Crippen molar-refractivity contribution in [2.75, 3.05) is 18.8 Å². The molecule has 216 valence electrons. The van der Waals surface area contributed by atoms with Gasteiger partial charge in [0.05, 0.1) is 21.7 Å². The summed E-state index contributed by atoms with van der Waals surface area (Å²) in [7, 11) is -3.21. The van der Waals surface area contributed by atoms with Crippen molar-refractivity contribution in [2.45, 2.75) is 32.2 Å². The lowest BCUT2D eigenvalue weighted by Gasteiger charge is -2.31. The third kappa shape index (κ3) is 5.45. The lowest BCUT2D eigenvalue weighted by molar-refractivity contribution is 0.0953. The summed E-state index contributed by atoms with van der Waals surface area (Å²) in [4.78, 5) is 29.3. The van der Waals surface area contributed by atoms with Crippen LogP contribution in [0.25, 0.3) is 32.1 Å². The zero-order chi connectivity index (χ0) is 29.4. The van der Waals surface area contributed by atoms with Crippen molar-refractivity contribution >= 4 is 54.2 Å². The maximum Gasteiger partial charge on any atom is 0.261 e. The number of fused-ring (bicyclic) bond motifs is 2. The Morgan fingerprint density at radius 2 is 1.81 bits per heavy atom. The number of sulfonamides is 1. The van der Waals surface area contributed by atoms with Crippen LogP contribution in [-0.4, -0.2) is 48.4 Å². The van der Waals surface area contributed by atoms with Crippen LogP contribution < -0.4 is 11.1 Å². The molecule has 0 aliphatic carbocycles. The van der Waals surface area contributed by atoms with Gasteiger partial charge in [-0.1, -0.05) is 36.4 Å². The third-order valence-corrected chi connectivity index (χ3v) is 11.1. The highest BCUT2D eigenvalue weighted by Crippen LogP contribution is 2.37. The van der Waals surface area contributed by atoms with E-state index < -0.39 is 15.9 Å². The number of nitrogens with one attached hydrogen (secondary N) is 2. The molecular formula is C32H32N4O4S2. The maximum atomic E-state index is 12.9. The van der Waals surface area contributed by atoms with Crippen molar-refractivity contribution < 1.29 is 18.0 Å². The van der Waals surface area contributed by atoms with E-state index in [2.05, 4.69) is 16.4 Å². The van der Waals surface area contributed by atoms with E-state index >= 15 is 0 Å². The number of nitrogens with zero attached hydrogens (tertiary/aromatic N) is 1. The van der Waals surface area contributed by atoms with Gasteiger partial charge in [-0.05, 0) is 83.7 Å². The van der Waals surface area contributed by atoms with Crippen LogP contribution in [0.1, 0.15) is 56.8 Å². The second-order valence-corrected chi connectivity index (χ2v) is 14.0. The fourth-order valence-corrected chi connectivity index (χ4v) is 7.91. The summed E-state index contributed by atoms with van der Waals surface area (Å²) < 4.78 is 27.3. The minimum atomic E-state index is -3.21. The first-order valence-corrected chi connectivity index (χ1v) is 16.4. The Morgan fingerprint density at radius 1 is 1.02 bits per heavy atom. The monoisotopic (exact) mass is 600 g/mol. The molecule has 1 aliphatic rings. The molecule has 0 unspecified atom stereocenters. The zero-order valence-corrected chi connectivity index (χ0v) is 24.9. The average Bonchev–Trinajstić information content (AvgIpc) is 3.64.